The number of sulfone groups is 2. The zero-order valence-corrected chi connectivity index (χ0v) is 13.4. The quantitative estimate of drug-likeness (QED) is 0.817. The van der Waals surface area contributed by atoms with E-state index in [1.807, 2.05) is 0 Å². The molecule has 0 saturated carbocycles. The maximum atomic E-state index is 11.4. The second kappa shape index (κ2) is 6.69. The van der Waals surface area contributed by atoms with Gasteiger partial charge in [0, 0.05) is 18.1 Å². The largest absolute Gasteiger partial charge is 0.324 e. The molecule has 0 aromatic heterocycles. The molecule has 1 atom stereocenters. The van der Waals surface area contributed by atoms with Crippen molar-refractivity contribution in [1.82, 2.24) is 0 Å². The average molecular weight is 319 g/mol. The molecule has 2 N–H and O–H groups in total. The maximum absolute atomic E-state index is 11.4. The van der Waals surface area contributed by atoms with Gasteiger partial charge < -0.3 is 5.73 Å². The lowest BCUT2D eigenvalue weighted by molar-refractivity contribution is 0.583. The summed E-state index contributed by atoms with van der Waals surface area (Å²) in [5.74, 6) is 0.282. The van der Waals surface area contributed by atoms with Crippen molar-refractivity contribution >= 4 is 19.7 Å². The van der Waals surface area contributed by atoms with Gasteiger partial charge in [-0.05, 0) is 30.5 Å². The summed E-state index contributed by atoms with van der Waals surface area (Å²) in [6.07, 6.45) is 2.21. The molecule has 0 radical (unpaired) electrons. The van der Waals surface area contributed by atoms with Crippen LogP contribution in [0.4, 0.5) is 0 Å². The van der Waals surface area contributed by atoms with Gasteiger partial charge in [-0.15, -0.1) is 0 Å². The van der Waals surface area contributed by atoms with Crippen LogP contribution in [0.5, 0.6) is 0 Å². The van der Waals surface area contributed by atoms with E-state index in [2.05, 4.69) is 0 Å². The van der Waals surface area contributed by atoms with Crippen molar-refractivity contribution in [3.05, 3.63) is 29.8 Å². The second-order valence-corrected chi connectivity index (χ2v) is 9.31. The van der Waals surface area contributed by atoms with E-state index in [-0.39, 0.29) is 22.4 Å². The molecule has 0 saturated heterocycles. The fourth-order valence-electron chi connectivity index (χ4n) is 1.80. The Bertz CT molecular complexity index is 633. The Morgan fingerprint density at radius 1 is 1.10 bits per heavy atom. The van der Waals surface area contributed by atoms with Crippen LogP contribution in [0.2, 0.25) is 0 Å². The third-order valence-corrected chi connectivity index (χ3v) is 6.07. The fourth-order valence-corrected chi connectivity index (χ4v) is 3.32. The van der Waals surface area contributed by atoms with Crippen LogP contribution in [0.15, 0.2) is 29.2 Å². The van der Waals surface area contributed by atoms with Gasteiger partial charge in [0.25, 0.3) is 0 Å². The van der Waals surface area contributed by atoms with E-state index in [4.69, 9.17) is 5.73 Å². The Hall–Kier alpha value is -0.920. The Labute approximate surface area is 121 Å². The van der Waals surface area contributed by atoms with Crippen molar-refractivity contribution in [3.63, 3.8) is 0 Å². The minimum Gasteiger partial charge on any atom is -0.324 e. The van der Waals surface area contributed by atoms with Crippen molar-refractivity contribution in [2.45, 2.75) is 30.7 Å². The molecule has 0 fully saturated rings. The normalized spacial score (nSPS) is 14.2. The highest BCUT2D eigenvalue weighted by Crippen LogP contribution is 2.18. The van der Waals surface area contributed by atoms with Crippen LogP contribution in [0, 0.1) is 0 Å². The predicted octanol–water partition coefficient (Wildman–Crippen LogP) is 1.30. The summed E-state index contributed by atoms with van der Waals surface area (Å²) in [4.78, 5) is 0.252. The Morgan fingerprint density at radius 3 is 2.10 bits per heavy atom. The van der Waals surface area contributed by atoms with Crippen LogP contribution in [-0.4, -0.2) is 34.6 Å². The highest BCUT2D eigenvalue weighted by atomic mass is 32.2. The summed E-state index contributed by atoms with van der Waals surface area (Å²) in [5.41, 5.74) is 6.79. The molecule has 0 spiro atoms. The molecule has 5 nitrogen and oxygen atoms in total. The first kappa shape index (κ1) is 17.1. The number of nitrogens with two attached hydrogens (primary N) is 1. The van der Waals surface area contributed by atoms with Gasteiger partial charge in [-0.1, -0.05) is 19.1 Å². The van der Waals surface area contributed by atoms with Gasteiger partial charge in [0.1, 0.15) is 9.84 Å². The Kier molecular flexibility index (Phi) is 5.73. The maximum Gasteiger partial charge on any atom is 0.175 e. The number of hydrogen-bond acceptors (Lipinski definition) is 5. The highest BCUT2D eigenvalue weighted by molar-refractivity contribution is 7.91. The van der Waals surface area contributed by atoms with Crippen LogP contribution < -0.4 is 5.73 Å². The SMILES string of the molecule is CCS(=O)(=O)CCCC(N)c1ccc(S(C)(=O)=O)cc1. The summed E-state index contributed by atoms with van der Waals surface area (Å²) < 4.78 is 45.4. The molecule has 7 heteroatoms. The molecule has 1 rings (SSSR count). The molecule has 0 heterocycles. The lowest BCUT2D eigenvalue weighted by Crippen LogP contribution is -2.14. The van der Waals surface area contributed by atoms with Crippen LogP contribution in [0.1, 0.15) is 31.4 Å². The van der Waals surface area contributed by atoms with Gasteiger partial charge in [0.05, 0.1) is 10.6 Å². The van der Waals surface area contributed by atoms with Gasteiger partial charge in [-0.25, -0.2) is 16.8 Å². The number of rotatable bonds is 7. The molecule has 0 aliphatic carbocycles. The summed E-state index contributed by atoms with van der Waals surface area (Å²) in [5, 5.41) is 0. The zero-order valence-electron chi connectivity index (χ0n) is 11.7. The van der Waals surface area contributed by atoms with Gasteiger partial charge >= 0.3 is 0 Å². The molecule has 0 aliphatic heterocycles. The first-order chi connectivity index (χ1) is 9.15. The lowest BCUT2D eigenvalue weighted by Gasteiger charge is -2.12. The third-order valence-electron chi connectivity index (χ3n) is 3.15. The van der Waals surface area contributed by atoms with Crippen molar-refractivity contribution in [1.29, 1.82) is 0 Å². The van der Waals surface area contributed by atoms with E-state index in [1.165, 1.54) is 12.1 Å². The molecule has 1 aromatic rings. The second-order valence-electron chi connectivity index (χ2n) is 4.83. The van der Waals surface area contributed by atoms with Crippen LogP contribution in [-0.2, 0) is 19.7 Å². The number of hydrogen-bond donors (Lipinski definition) is 1. The molecular formula is C13H21NO4S2. The van der Waals surface area contributed by atoms with Crippen LogP contribution >= 0.6 is 0 Å². The van der Waals surface area contributed by atoms with Crippen LogP contribution in [0.3, 0.4) is 0 Å². The van der Waals surface area contributed by atoms with E-state index in [0.717, 1.165) is 11.8 Å². The van der Waals surface area contributed by atoms with E-state index in [0.29, 0.717) is 12.8 Å². The summed E-state index contributed by atoms with van der Waals surface area (Å²) in [6, 6.07) is 6.11. The zero-order chi connectivity index (χ0) is 15.4. The standard InChI is InChI=1S/C13H21NO4S2/c1-3-20(17,18)10-4-5-13(14)11-6-8-12(9-7-11)19(2,15)16/h6-9,13H,3-5,10,14H2,1-2H3. The first-order valence-electron chi connectivity index (χ1n) is 6.42. The van der Waals surface area contributed by atoms with E-state index in [1.54, 1.807) is 19.1 Å². The monoisotopic (exact) mass is 319 g/mol. The van der Waals surface area contributed by atoms with Gasteiger partial charge in [-0.3, -0.25) is 0 Å². The van der Waals surface area contributed by atoms with E-state index in [9.17, 15) is 16.8 Å². The molecule has 0 bridgehead atoms. The smallest absolute Gasteiger partial charge is 0.175 e. The van der Waals surface area contributed by atoms with Crippen molar-refractivity contribution in [2.75, 3.05) is 17.8 Å². The first-order valence-corrected chi connectivity index (χ1v) is 10.1. The van der Waals surface area contributed by atoms with Crippen LogP contribution in [0.25, 0.3) is 0 Å². The molecule has 1 unspecified atom stereocenters. The Morgan fingerprint density at radius 2 is 1.65 bits per heavy atom. The van der Waals surface area contributed by atoms with E-state index < -0.39 is 19.7 Å². The predicted molar refractivity (Wildman–Crippen MR) is 80.0 cm³/mol. The topological polar surface area (TPSA) is 94.3 Å². The lowest BCUT2D eigenvalue weighted by atomic mass is 10.0. The molecule has 0 amide bonds. The molecular weight excluding hydrogens is 298 g/mol. The summed E-state index contributed by atoms with van der Waals surface area (Å²) >= 11 is 0. The van der Waals surface area contributed by atoms with Crippen molar-refractivity contribution in [2.24, 2.45) is 5.73 Å². The fraction of sp³-hybridized carbons (Fsp3) is 0.538. The summed E-state index contributed by atoms with van der Waals surface area (Å²) in [6.45, 7) is 1.62. The minimum atomic E-state index is -3.21. The van der Waals surface area contributed by atoms with Crippen molar-refractivity contribution in [3.8, 4) is 0 Å². The molecule has 114 valence electrons. The average Bonchev–Trinajstić information content (AvgIpc) is 2.37. The highest BCUT2D eigenvalue weighted by Gasteiger charge is 2.12. The Balaban J connectivity index is 2.63. The van der Waals surface area contributed by atoms with Crippen molar-refractivity contribution < 1.29 is 16.8 Å². The third kappa shape index (κ3) is 5.22. The molecule has 0 aliphatic rings. The molecule has 20 heavy (non-hydrogen) atoms. The van der Waals surface area contributed by atoms with Gasteiger partial charge in [0.2, 0.25) is 0 Å². The summed E-state index contributed by atoms with van der Waals surface area (Å²) in [7, 11) is -6.16. The molecule has 1 aromatic carbocycles. The van der Waals surface area contributed by atoms with E-state index >= 15 is 0 Å². The minimum absolute atomic E-state index is 0.138. The number of benzene rings is 1. The van der Waals surface area contributed by atoms with Gasteiger partial charge in [-0.2, -0.15) is 0 Å². The van der Waals surface area contributed by atoms with Gasteiger partial charge in [0.15, 0.2) is 9.84 Å².